The van der Waals surface area contributed by atoms with Crippen LogP contribution in [0.5, 0.6) is 0 Å². The Balaban J connectivity index is 2.25. The molecule has 1 fully saturated rings. The van der Waals surface area contributed by atoms with E-state index in [1.54, 1.807) is 7.05 Å². The molecule has 0 amide bonds. The maximum atomic E-state index is 11.9. The van der Waals surface area contributed by atoms with Gasteiger partial charge >= 0.3 is 0 Å². The normalized spacial score (nSPS) is 25.6. The van der Waals surface area contributed by atoms with Crippen LogP contribution >= 0.6 is 0 Å². The number of nitrogens with one attached hydrogen (secondary N) is 1. The van der Waals surface area contributed by atoms with Gasteiger partial charge in [0.2, 0.25) is 11.8 Å². The summed E-state index contributed by atoms with van der Waals surface area (Å²) in [6, 6.07) is -0.0671. The Bertz CT molecular complexity index is 483. The van der Waals surface area contributed by atoms with Gasteiger partial charge in [-0.15, -0.1) is 10.2 Å². The maximum Gasteiger partial charge on any atom is 0.234 e. The van der Waals surface area contributed by atoms with Gasteiger partial charge in [-0.25, -0.2) is 8.42 Å². The molecule has 1 aliphatic rings. The summed E-state index contributed by atoms with van der Waals surface area (Å²) in [4.78, 5) is 0. The Labute approximate surface area is 101 Å². The first-order valence-corrected chi connectivity index (χ1v) is 7.48. The Morgan fingerprint density at radius 2 is 2.18 bits per heavy atom. The van der Waals surface area contributed by atoms with Crippen molar-refractivity contribution in [1.29, 1.82) is 0 Å². The number of rotatable bonds is 3. The van der Waals surface area contributed by atoms with E-state index < -0.39 is 15.1 Å². The van der Waals surface area contributed by atoms with E-state index in [1.807, 2.05) is 6.92 Å². The zero-order valence-electron chi connectivity index (χ0n) is 10.0. The van der Waals surface area contributed by atoms with Gasteiger partial charge in [0, 0.05) is 0 Å². The van der Waals surface area contributed by atoms with Crippen LogP contribution < -0.4 is 5.32 Å². The maximum absolute atomic E-state index is 11.9. The molecular formula is C10H17N3O3S. The lowest BCUT2D eigenvalue weighted by molar-refractivity contribution is 0.390. The van der Waals surface area contributed by atoms with E-state index >= 15 is 0 Å². The number of hydrogen-bond acceptors (Lipinski definition) is 6. The fourth-order valence-corrected chi connectivity index (χ4v) is 3.73. The molecule has 2 rings (SSSR count). The van der Waals surface area contributed by atoms with Crippen LogP contribution in [-0.2, 0) is 9.84 Å². The molecule has 17 heavy (non-hydrogen) atoms. The molecule has 0 radical (unpaired) electrons. The average Bonchev–Trinajstić information content (AvgIpc) is 2.76. The second-order valence-electron chi connectivity index (χ2n) is 4.34. The molecule has 1 saturated heterocycles. The molecular weight excluding hydrogens is 242 g/mol. The molecule has 1 aromatic rings. The van der Waals surface area contributed by atoms with Crippen LogP contribution in [0.15, 0.2) is 4.42 Å². The molecule has 0 spiro atoms. The number of sulfone groups is 1. The van der Waals surface area contributed by atoms with E-state index in [2.05, 4.69) is 15.5 Å². The first-order chi connectivity index (χ1) is 8.04. The van der Waals surface area contributed by atoms with Crippen LogP contribution in [0.25, 0.3) is 0 Å². The van der Waals surface area contributed by atoms with Gasteiger partial charge in [0.1, 0.15) is 5.25 Å². The summed E-state index contributed by atoms with van der Waals surface area (Å²) in [5, 5.41) is 10.1. The van der Waals surface area contributed by atoms with E-state index in [1.165, 1.54) is 0 Å². The SMILES string of the molecule is CNC(C)c1nnc(C2CCCCS2(=O)=O)o1. The zero-order valence-corrected chi connectivity index (χ0v) is 10.8. The Hall–Kier alpha value is -0.950. The molecule has 96 valence electrons. The second kappa shape index (κ2) is 4.73. The molecule has 0 aliphatic carbocycles. The second-order valence-corrected chi connectivity index (χ2v) is 6.64. The largest absolute Gasteiger partial charge is 0.422 e. The molecule has 0 aromatic carbocycles. The monoisotopic (exact) mass is 259 g/mol. The van der Waals surface area contributed by atoms with Crippen molar-refractivity contribution >= 4 is 9.84 Å². The van der Waals surface area contributed by atoms with E-state index in [0.29, 0.717) is 12.3 Å². The van der Waals surface area contributed by atoms with E-state index in [0.717, 1.165) is 12.8 Å². The molecule has 6 nitrogen and oxygen atoms in total. The Morgan fingerprint density at radius 1 is 1.41 bits per heavy atom. The van der Waals surface area contributed by atoms with Gasteiger partial charge in [-0.2, -0.15) is 0 Å². The number of nitrogens with zero attached hydrogens (tertiary/aromatic N) is 2. The highest BCUT2D eigenvalue weighted by Gasteiger charge is 2.34. The molecule has 0 bridgehead atoms. The molecule has 2 unspecified atom stereocenters. The molecule has 2 heterocycles. The van der Waals surface area contributed by atoms with Crippen molar-refractivity contribution in [3.63, 3.8) is 0 Å². The van der Waals surface area contributed by atoms with Crippen molar-refractivity contribution in [3.05, 3.63) is 11.8 Å². The highest BCUT2D eigenvalue weighted by atomic mass is 32.2. The summed E-state index contributed by atoms with van der Waals surface area (Å²) in [5.41, 5.74) is 0. The Morgan fingerprint density at radius 3 is 2.82 bits per heavy atom. The van der Waals surface area contributed by atoms with Crippen LogP contribution in [0.3, 0.4) is 0 Å². The summed E-state index contributed by atoms with van der Waals surface area (Å²) in [6.07, 6.45) is 2.20. The minimum Gasteiger partial charge on any atom is -0.422 e. The highest BCUT2D eigenvalue weighted by molar-refractivity contribution is 7.91. The Kier molecular flexibility index (Phi) is 3.48. The number of hydrogen-bond donors (Lipinski definition) is 1. The van der Waals surface area contributed by atoms with Gasteiger partial charge in [0.25, 0.3) is 0 Å². The van der Waals surface area contributed by atoms with Gasteiger partial charge in [-0.05, 0) is 26.8 Å². The third kappa shape index (κ3) is 2.50. The fraction of sp³-hybridized carbons (Fsp3) is 0.800. The molecule has 2 atom stereocenters. The van der Waals surface area contributed by atoms with Gasteiger partial charge < -0.3 is 9.73 Å². The van der Waals surface area contributed by atoms with E-state index in [9.17, 15) is 8.42 Å². The first-order valence-electron chi connectivity index (χ1n) is 5.76. The van der Waals surface area contributed by atoms with Crippen molar-refractivity contribution in [1.82, 2.24) is 15.5 Å². The van der Waals surface area contributed by atoms with Gasteiger partial charge in [-0.1, -0.05) is 6.42 Å². The standard InChI is InChI=1S/C10H17N3O3S/c1-7(11-2)9-12-13-10(16-9)8-5-3-4-6-17(8,14)15/h7-8,11H,3-6H2,1-2H3. The van der Waals surface area contributed by atoms with Crippen molar-refractivity contribution in [2.24, 2.45) is 0 Å². The van der Waals surface area contributed by atoms with Crippen LogP contribution in [0.2, 0.25) is 0 Å². The highest BCUT2D eigenvalue weighted by Crippen LogP contribution is 2.32. The first kappa shape index (κ1) is 12.5. The average molecular weight is 259 g/mol. The third-order valence-electron chi connectivity index (χ3n) is 3.11. The van der Waals surface area contributed by atoms with Crippen molar-refractivity contribution < 1.29 is 12.8 Å². The predicted molar refractivity (Wildman–Crippen MR) is 62.2 cm³/mol. The molecule has 1 N–H and O–H groups in total. The van der Waals surface area contributed by atoms with Gasteiger partial charge in [-0.3, -0.25) is 0 Å². The van der Waals surface area contributed by atoms with Gasteiger partial charge in [0.15, 0.2) is 9.84 Å². The minimum atomic E-state index is -3.11. The lowest BCUT2D eigenvalue weighted by Crippen LogP contribution is -2.21. The predicted octanol–water partition coefficient (Wildman–Crippen LogP) is 0.990. The minimum absolute atomic E-state index is 0.0671. The van der Waals surface area contributed by atoms with E-state index in [-0.39, 0.29) is 17.7 Å². The van der Waals surface area contributed by atoms with E-state index in [4.69, 9.17) is 4.42 Å². The zero-order chi connectivity index (χ0) is 12.5. The molecule has 1 aliphatic heterocycles. The topological polar surface area (TPSA) is 85.1 Å². The summed E-state index contributed by atoms with van der Waals surface area (Å²) in [6.45, 7) is 1.88. The van der Waals surface area contributed by atoms with Crippen LogP contribution in [0, 0.1) is 0 Å². The van der Waals surface area contributed by atoms with Crippen molar-refractivity contribution in [3.8, 4) is 0 Å². The van der Waals surface area contributed by atoms with Crippen LogP contribution in [-0.4, -0.2) is 31.4 Å². The summed E-state index contributed by atoms with van der Waals surface area (Å²) in [7, 11) is -1.33. The smallest absolute Gasteiger partial charge is 0.234 e. The fourth-order valence-electron chi connectivity index (χ4n) is 1.91. The van der Waals surface area contributed by atoms with Crippen LogP contribution in [0.1, 0.15) is 49.3 Å². The summed E-state index contributed by atoms with van der Waals surface area (Å²) in [5.74, 6) is 0.891. The van der Waals surface area contributed by atoms with Crippen LogP contribution in [0.4, 0.5) is 0 Å². The summed E-state index contributed by atoms with van der Waals surface area (Å²) >= 11 is 0. The summed E-state index contributed by atoms with van der Waals surface area (Å²) < 4.78 is 29.2. The molecule has 0 saturated carbocycles. The lowest BCUT2D eigenvalue weighted by atomic mass is 10.2. The quantitative estimate of drug-likeness (QED) is 0.871. The number of aromatic nitrogens is 2. The lowest BCUT2D eigenvalue weighted by Gasteiger charge is -2.18. The molecule has 7 heteroatoms. The molecule has 1 aromatic heterocycles. The van der Waals surface area contributed by atoms with Crippen molar-refractivity contribution in [2.45, 2.75) is 37.5 Å². The third-order valence-corrected chi connectivity index (χ3v) is 5.28. The van der Waals surface area contributed by atoms with Gasteiger partial charge in [0.05, 0.1) is 11.8 Å². The van der Waals surface area contributed by atoms with Crippen molar-refractivity contribution in [2.75, 3.05) is 12.8 Å².